The topological polar surface area (TPSA) is 21.3 Å². The number of rotatable bonds is 7. The van der Waals surface area contributed by atoms with E-state index < -0.39 is 0 Å². The van der Waals surface area contributed by atoms with Gasteiger partial charge in [-0.2, -0.15) is 0 Å². The Morgan fingerprint density at radius 2 is 2.05 bits per heavy atom. The lowest BCUT2D eigenvalue weighted by molar-refractivity contribution is 0.308. The van der Waals surface area contributed by atoms with Gasteiger partial charge < -0.3 is 10.1 Å². The molecule has 0 atom stereocenters. The van der Waals surface area contributed by atoms with Crippen LogP contribution in [0.5, 0.6) is 5.75 Å². The summed E-state index contributed by atoms with van der Waals surface area (Å²) in [5.74, 6) is 0.237. The van der Waals surface area contributed by atoms with Gasteiger partial charge >= 0.3 is 0 Å². The zero-order chi connectivity index (χ0) is 14.4. The fraction of sp³-hybridized carbons (Fsp3) is 0.333. The van der Waals surface area contributed by atoms with Gasteiger partial charge in [0.15, 0.2) is 0 Å². The summed E-state index contributed by atoms with van der Waals surface area (Å²) in [5, 5.41) is 3.37. The third-order valence-electron chi connectivity index (χ3n) is 2.66. The number of ether oxygens (including phenoxy) is 1. The van der Waals surface area contributed by atoms with Crippen LogP contribution in [0.15, 0.2) is 34.8 Å². The number of halogens is 2. The van der Waals surface area contributed by atoms with Crippen molar-refractivity contribution in [2.24, 2.45) is 0 Å². The summed E-state index contributed by atoms with van der Waals surface area (Å²) in [6.07, 6.45) is 1.13. The van der Waals surface area contributed by atoms with Gasteiger partial charge in [-0.25, -0.2) is 4.39 Å². The summed E-state index contributed by atoms with van der Waals surface area (Å²) in [5.41, 5.74) is 0. The molecule has 0 saturated heterocycles. The summed E-state index contributed by atoms with van der Waals surface area (Å²) >= 11 is 4.97. The summed E-state index contributed by atoms with van der Waals surface area (Å²) in [6.45, 7) is 4.54. The lowest BCUT2D eigenvalue weighted by Gasteiger charge is -2.05. The quantitative estimate of drug-likeness (QED) is 0.723. The van der Waals surface area contributed by atoms with E-state index in [0.717, 1.165) is 24.4 Å². The lowest BCUT2D eigenvalue weighted by Crippen LogP contribution is -2.12. The largest absolute Gasteiger partial charge is 0.488 e. The molecule has 0 aliphatic carbocycles. The minimum absolute atomic E-state index is 0.301. The van der Waals surface area contributed by atoms with Gasteiger partial charge in [-0.1, -0.05) is 22.9 Å². The van der Waals surface area contributed by atoms with Gasteiger partial charge in [0.2, 0.25) is 0 Å². The van der Waals surface area contributed by atoms with Crippen molar-refractivity contribution in [2.45, 2.75) is 26.5 Å². The maximum Gasteiger partial charge on any atom is 0.128 e. The maximum atomic E-state index is 13.2. The lowest BCUT2D eigenvalue weighted by atomic mass is 10.3. The highest BCUT2D eigenvalue weighted by molar-refractivity contribution is 9.10. The first-order valence-corrected chi connectivity index (χ1v) is 8.15. The van der Waals surface area contributed by atoms with E-state index in [0.29, 0.717) is 16.8 Å². The highest BCUT2D eigenvalue weighted by Crippen LogP contribution is 2.23. The predicted octanol–water partition coefficient (Wildman–Crippen LogP) is 4.73. The van der Waals surface area contributed by atoms with Gasteiger partial charge in [-0.3, -0.25) is 0 Å². The summed E-state index contributed by atoms with van der Waals surface area (Å²) in [4.78, 5) is 2.43. The minimum Gasteiger partial charge on any atom is -0.488 e. The first kappa shape index (κ1) is 15.5. The van der Waals surface area contributed by atoms with Crippen LogP contribution in [0, 0.1) is 5.82 Å². The molecule has 2 rings (SSSR count). The van der Waals surface area contributed by atoms with E-state index in [-0.39, 0.29) is 5.82 Å². The van der Waals surface area contributed by atoms with E-state index in [4.69, 9.17) is 4.74 Å². The average Bonchev–Trinajstić information content (AvgIpc) is 2.84. The predicted molar refractivity (Wildman–Crippen MR) is 84.7 cm³/mol. The Hall–Kier alpha value is -0.910. The Kier molecular flexibility index (Phi) is 6.01. The van der Waals surface area contributed by atoms with Gasteiger partial charge in [0, 0.05) is 26.8 Å². The Morgan fingerprint density at radius 3 is 2.80 bits per heavy atom. The van der Waals surface area contributed by atoms with Crippen LogP contribution in [-0.4, -0.2) is 6.54 Å². The van der Waals surface area contributed by atoms with Gasteiger partial charge in [0.05, 0.1) is 0 Å². The van der Waals surface area contributed by atoms with Crippen LogP contribution in [-0.2, 0) is 13.2 Å². The number of nitrogens with one attached hydrogen (secondary N) is 1. The highest BCUT2D eigenvalue weighted by Gasteiger charge is 2.03. The maximum absolute atomic E-state index is 13.2. The Morgan fingerprint density at radius 1 is 1.25 bits per heavy atom. The molecule has 0 fully saturated rings. The van der Waals surface area contributed by atoms with E-state index in [9.17, 15) is 4.39 Å². The third kappa shape index (κ3) is 4.89. The monoisotopic (exact) mass is 357 g/mol. The van der Waals surface area contributed by atoms with Crippen molar-refractivity contribution in [1.29, 1.82) is 0 Å². The molecular weight excluding hydrogens is 341 g/mol. The number of hydrogen-bond acceptors (Lipinski definition) is 3. The number of thiophene rings is 1. The van der Waals surface area contributed by atoms with Crippen molar-refractivity contribution in [3.8, 4) is 5.75 Å². The van der Waals surface area contributed by atoms with E-state index in [1.807, 2.05) is 0 Å². The van der Waals surface area contributed by atoms with Crippen molar-refractivity contribution < 1.29 is 9.13 Å². The van der Waals surface area contributed by atoms with Gasteiger partial charge in [0.25, 0.3) is 0 Å². The van der Waals surface area contributed by atoms with E-state index in [1.165, 1.54) is 17.0 Å². The van der Waals surface area contributed by atoms with E-state index in [2.05, 4.69) is 40.3 Å². The molecule has 2 aromatic rings. The summed E-state index contributed by atoms with van der Waals surface area (Å²) in [7, 11) is 0. The van der Waals surface area contributed by atoms with Crippen LogP contribution >= 0.6 is 27.3 Å². The molecule has 108 valence electrons. The third-order valence-corrected chi connectivity index (χ3v) is 4.18. The molecule has 0 bridgehead atoms. The molecule has 1 heterocycles. The van der Waals surface area contributed by atoms with Gasteiger partial charge in [0.1, 0.15) is 18.2 Å². The zero-order valence-corrected chi connectivity index (χ0v) is 13.7. The van der Waals surface area contributed by atoms with Crippen LogP contribution in [0.25, 0.3) is 0 Å². The molecule has 0 unspecified atom stereocenters. The Labute approximate surface area is 131 Å². The van der Waals surface area contributed by atoms with E-state index >= 15 is 0 Å². The molecule has 0 radical (unpaired) electrons. The van der Waals surface area contributed by atoms with Gasteiger partial charge in [-0.05, 0) is 37.2 Å². The summed E-state index contributed by atoms with van der Waals surface area (Å²) < 4.78 is 19.5. The molecule has 2 nitrogen and oxygen atoms in total. The van der Waals surface area contributed by atoms with Crippen LogP contribution < -0.4 is 10.1 Å². The average molecular weight is 358 g/mol. The second-order valence-electron chi connectivity index (χ2n) is 4.44. The molecular formula is C15H17BrFNOS. The minimum atomic E-state index is -0.301. The van der Waals surface area contributed by atoms with Crippen LogP contribution in [0.3, 0.4) is 0 Å². The van der Waals surface area contributed by atoms with Crippen molar-refractivity contribution in [3.63, 3.8) is 0 Å². The van der Waals surface area contributed by atoms with Crippen LogP contribution in [0.2, 0.25) is 0 Å². The standard InChI is InChI=1S/C15H17BrFNOS/c1-2-5-18-9-14-3-4-15(20-14)10-19-13-7-11(16)6-12(17)8-13/h3-4,6-8,18H,2,5,9-10H2,1H3. The van der Waals surface area contributed by atoms with Crippen molar-refractivity contribution >= 4 is 27.3 Å². The van der Waals surface area contributed by atoms with Crippen molar-refractivity contribution in [2.75, 3.05) is 6.54 Å². The second kappa shape index (κ2) is 7.76. The molecule has 0 spiro atoms. The SMILES string of the molecule is CCCNCc1ccc(COc2cc(F)cc(Br)c2)s1. The normalized spacial score (nSPS) is 10.8. The molecule has 0 aliphatic heterocycles. The van der Waals surface area contributed by atoms with Gasteiger partial charge in [-0.15, -0.1) is 11.3 Å². The molecule has 0 saturated carbocycles. The molecule has 1 N–H and O–H groups in total. The fourth-order valence-electron chi connectivity index (χ4n) is 1.75. The molecule has 0 aliphatic rings. The van der Waals surface area contributed by atoms with Crippen LogP contribution in [0.4, 0.5) is 4.39 Å². The zero-order valence-electron chi connectivity index (χ0n) is 11.3. The molecule has 20 heavy (non-hydrogen) atoms. The molecule has 0 amide bonds. The molecule has 1 aromatic carbocycles. The summed E-state index contributed by atoms with van der Waals surface area (Å²) in [6, 6.07) is 8.73. The van der Waals surface area contributed by atoms with E-state index in [1.54, 1.807) is 17.4 Å². The fourth-order valence-corrected chi connectivity index (χ4v) is 3.09. The second-order valence-corrected chi connectivity index (χ2v) is 6.61. The smallest absolute Gasteiger partial charge is 0.128 e. The first-order chi connectivity index (χ1) is 9.67. The Balaban J connectivity index is 1.87. The Bertz CT molecular complexity index is 538. The molecule has 5 heteroatoms. The van der Waals surface area contributed by atoms with Crippen molar-refractivity contribution in [3.05, 3.63) is 50.4 Å². The highest BCUT2D eigenvalue weighted by atomic mass is 79.9. The van der Waals surface area contributed by atoms with Crippen LogP contribution in [0.1, 0.15) is 23.1 Å². The molecule has 1 aromatic heterocycles. The first-order valence-electron chi connectivity index (χ1n) is 6.54. The number of benzene rings is 1. The van der Waals surface area contributed by atoms with Crippen molar-refractivity contribution in [1.82, 2.24) is 5.32 Å². The number of hydrogen-bond donors (Lipinski definition) is 1.